The van der Waals surface area contributed by atoms with Gasteiger partial charge in [0.25, 0.3) is 0 Å². The van der Waals surface area contributed by atoms with Crippen LogP contribution in [0, 0.1) is 5.92 Å². The molecule has 1 saturated carbocycles. The van der Waals surface area contributed by atoms with Crippen LogP contribution in [0.5, 0.6) is 0 Å². The molecule has 4 atom stereocenters. The second kappa shape index (κ2) is 5.15. The molecule has 1 saturated heterocycles. The van der Waals surface area contributed by atoms with Gasteiger partial charge >= 0.3 is 0 Å². The van der Waals surface area contributed by atoms with Crippen molar-refractivity contribution in [2.24, 2.45) is 11.7 Å². The zero-order chi connectivity index (χ0) is 11.5. The largest absolute Gasteiger partial charge is 0.378 e. The molecule has 16 heavy (non-hydrogen) atoms. The highest BCUT2D eigenvalue weighted by Gasteiger charge is 2.33. The molecule has 1 amide bonds. The fourth-order valence-corrected chi connectivity index (χ4v) is 2.70. The van der Waals surface area contributed by atoms with Crippen LogP contribution in [0.4, 0.5) is 0 Å². The van der Waals surface area contributed by atoms with Crippen LogP contribution >= 0.6 is 0 Å². The van der Waals surface area contributed by atoms with Crippen LogP contribution in [0.3, 0.4) is 0 Å². The summed E-state index contributed by atoms with van der Waals surface area (Å²) in [4.78, 5) is 12.0. The third-order valence-electron chi connectivity index (χ3n) is 3.86. The minimum absolute atomic E-state index is 0.0223. The van der Waals surface area contributed by atoms with Gasteiger partial charge in [-0.15, -0.1) is 0 Å². The van der Waals surface area contributed by atoms with Crippen LogP contribution < -0.4 is 11.1 Å². The fraction of sp³-hybridized carbons (Fsp3) is 0.917. The number of carbonyl (C=O) groups is 1. The van der Waals surface area contributed by atoms with Crippen molar-refractivity contribution in [3.8, 4) is 0 Å². The van der Waals surface area contributed by atoms with E-state index in [1.807, 2.05) is 6.92 Å². The van der Waals surface area contributed by atoms with Gasteiger partial charge in [0.15, 0.2) is 0 Å². The first-order valence-electron chi connectivity index (χ1n) is 6.36. The predicted octanol–water partition coefficient (Wildman–Crippen LogP) is 0.797. The van der Waals surface area contributed by atoms with Gasteiger partial charge in [0, 0.05) is 18.7 Å². The highest BCUT2D eigenvalue weighted by Crippen LogP contribution is 2.22. The Morgan fingerprint density at radius 3 is 2.69 bits per heavy atom. The van der Waals surface area contributed by atoms with E-state index in [2.05, 4.69) is 5.32 Å². The minimum atomic E-state index is 0.0223. The van der Waals surface area contributed by atoms with Crippen LogP contribution in [0.2, 0.25) is 0 Å². The van der Waals surface area contributed by atoms with Crippen molar-refractivity contribution in [1.29, 1.82) is 0 Å². The topological polar surface area (TPSA) is 64.3 Å². The first-order valence-corrected chi connectivity index (χ1v) is 6.36. The lowest BCUT2D eigenvalue weighted by Gasteiger charge is -2.30. The van der Waals surface area contributed by atoms with Crippen molar-refractivity contribution in [3.63, 3.8) is 0 Å². The third kappa shape index (κ3) is 2.55. The second-order valence-electron chi connectivity index (χ2n) is 5.03. The summed E-state index contributed by atoms with van der Waals surface area (Å²) in [6.45, 7) is 2.67. The SMILES string of the molecule is CC1OCCC1C(=O)NC1CCCCC1N. The quantitative estimate of drug-likeness (QED) is 0.732. The molecule has 2 aliphatic rings. The van der Waals surface area contributed by atoms with E-state index in [9.17, 15) is 4.79 Å². The highest BCUT2D eigenvalue weighted by molar-refractivity contribution is 5.79. The lowest BCUT2D eigenvalue weighted by Crippen LogP contribution is -2.51. The molecule has 0 aromatic carbocycles. The van der Waals surface area contributed by atoms with Gasteiger partial charge in [0.05, 0.1) is 12.0 Å². The summed E-state index contributed by atoms with van der Waals surface area (Å²) in [7, 11) is 0. The fourth-order valence-electron chi connectivity index (χ4n) is 2.70. The number of amides is 1. The monoisotopic (exact) mass is 226 g/mol. The second-order valence-corrected chi connectivity index (χ2v) is 5.03. The highest BCUT2D eigenvalue weighted by atomic mass is 16.5. The lowest BCUT2D eigenvalue weighted by atomic mass is 9.90. The van der Waals surface area contributed by atoms with E-state index in [0.29, 0.717) is 6.61 Å². The molecule has 4 nitrogen and oxygen atoms in total. The van der Waals surface area contributed by atoms with E-state index in [4.69, 9.17) is 10.5 Å². The smallest absolute Gasteiger partial charge is 0.226 e. The molecular formula is C12H22N2O2. The first-order chi connectivity index (χ1) is 7.68. The third-order valence-corrected chi connectivity index (χ3v) is 3.86. The lowest BCUT2D eigenvalue weighted by molar-refractivity contribution is -0.127. The molecule has 1 aliphatic carbocycles. The molecule has 92 valence electrons. The number of nitrogens with two attached hydrogens (primary N) is 1. The maximum Gasteiger partial charge on any atom is 0.226 e. The molecule has 4 unspecified atom stereocenters. The molecule has 0 aromatic heterocycles. The molecule has 0 radical (unpaired) electrons. The maximum atomic E-state index is 12.0. The summed E-state index contributed by atoms with van der Waals surface area (Å²) < 4.78 is 5.41. The molecule has 2 rings (SSSR count). The molecule has 3 N–H and O–H groups in total. The Kier molecular flexibility index (Phi) is 3.82. The Morgan fingerprint density at radius 2 is 2.06 bits per heavy atom. The number of nitrogens with one attached hydrogen (secondary N) is 1. The molecule has 0 bridgehead atoms. The van der Waals surface area contributed by atoms with Gasteiger partial charge in [0.2, 0.25) is 5.91 Å². The van der Waals surface area contributed by atoms with Crippen molar-refractivity contribution in [1.82, 2.24) is 5.32 Å². The average Bonchev–Trinajstić information content (AvgIpc) is 2.68. The molecule has 2 fully saturated rings. The number of hydrogen-bond donors (Lipinski definition) is 2. The summed E-state index contributed by atoms with van der Waals surface area (Å²) >= 11 is 0. The van der Waals surface area contributed by atoms with E-state index < -0.39 is 0 Å². The van der Waals surface area contributed by atoms with Gasteiger partial charge < -0.3 is 15.8 Å². The molecule has 0 aromatic rings. The first kappa shape index (κ1) is 11.9. The van der Waals surface area contributed by atoms with Gasteiger partial charge in [0.1, 0.15) is 0 Å². The van der Waals surface area contributed by atoms with Crippen LogP contribution in [-0.2, 0) is 9.53 Å². The maximum absolute atomic E-state index is 12.0. The summed E-state index contributed by atoms with van der Waals surface area (Å²) in [5.74, 6) is 0.154. The van der Waals surface area contributed by atoms with E-state index in [0.717, 1.165) is 19.3 Å². The summed E-state index contributed by atoms with van der Waals surface area (Å²) in [5, 5.41) is 3.10. The van der Waals surface area contributed by atoms with Gasteiger partial charge in [-0.05, 0) is 26.2 Å². The molecule has 4 heteroatoms. The molecule has 0 spiro atoms. The van der Waals surface area contributed by atoms with Gasteiger partial charge in [-0.1, -0.05) is 12.8 Å². The van der Waals surface area contributed by atoms with Crippen LogP contribution in [0.15, 0.2) is 0 Å². The normalized spacial score (nSPS) is 39.6. The van der Waals surface area contributed by atoms with Gasteiger partial charge in [-0.25, -0.2) is 0 Å². The Balaban J connectivity index is 1.86. The van der Waals surface area contributed by atoms with E-state index >= 15 is 0 Å². The molecular weight excluding hydrogens is 204 g/mol. The van der Waals surface area contributed by atoms with Crippen LogP contribution in [-0.4, -0.2) is 30.7 Å². The summed E-state index contributed by atoms with van der Waals surface area (Å²) in [6, 6.07) is 0.310. The van der Waals surface area contributed by atoms with Crippen molar-refractivity contribution in [2.45, 2.75) is 57.2 Å². The van der Waals surface area contributed by atoms with Crippen molar-refractivity contribution < 1.29 is 9.53 Å². The minimum Gasteiger partial charge on any atom is -0.378 e. The van der Waals surface area contributed by atoms with Crippen LogP contribution in [0.1, 0.15) is 39.0 Å². The zero-order valence-electron chi connectivity index (χ0n) is 9.95. The molecule has 1 heterocycles. The predicted molar refractivity (Wildman–Crippen MR) is 61.9 cm³/mol. The Morgan fingerprint density at radius 1 is 1.31 bits per heavy atom. The number of ether oxygens (including phenoxy) is 1. The van der Waals surface area contributed by atoms with Gasteiger partial charge in [-0.2, -0.15) is 0 Å². The summed E-state index contributed by atoms with van der Waals surface area (Å²) in [6.07, 6.45) is 5.32. The van der Waals surface area contributed by atoms with Crippen molar-refractivity contribution in [3.05, 3.63) is 0 Å². The molecule has 1 aliphatic heterocycles. The Bertz CT molecular complexity index is 257. The van der Waals surface area contributed by atoms with Gasteiger partial charge in [-0.3, -0.25) is 4.79 Å². The number of carbonyl (C=O) groups excluding carboxylic acids is 1. The van der Waals surface area contributed by atoms with E-state index in [1.54, 1.807) is 0 Å². The summed E-state index contributed by atoms with van der Waals surface area (Å²) in [5.41, 5.74) is 6.01. The van der Waals surface area contributed by atoms with Crippen molar-refractivity contribution >= 4 is 5.91 Å². The zero-order valence-corrected chi connectivity index (χ0v) is 9.95. The van der Waals surface area contributed by atoms with E-state index in [1.165, 1.54) is 12.8 Å². The number of rotatable bonds is 2. The Labute approximate surface area is 96.9 Å². The van der Waals surface area contributed by atoms with Crippen molar-refractivity contribution in [2.75, 3.05) is 6.61 Å². The Hall–Kier alpha value is -0.610. The average molecular weight is 226 g/mol. The standard InChI is InChI=1S/C12H22N2O2/c1-8-9(6-7-16-8)12(15)14-11-5-3-2-4-10(11)13/h8-11H,2-7,13H2,1H3,(H,14,15). The van der Waals surface area contributed by atoms with E-state index in [-0.39, 0.29) is 30.0 Å². The number of hydrogen-bond acceptors (Lipinski definition) is 3. The van der Waals surface area contributed by atoms with Crippen LogP contribution in [0.25, 0.3) is 0 Å².